The lowest BCUT2D eigenvalue weighted by atomic mass is 10.1. The quantitative estimate of drug-likeness (QED) is 0.650. The number of rotatable bonds is 6. The highest BCUT2D eigenvalue weighted by Gasteiger charge is 2.36. The molecule has 0 radical (unpaired) electrons. The van der Waals surface area contributed by atoms with Crippen LogP contribution in [0.15, 0.2) is 42.5 Å². The number of carbonyl (C=O) groups is 1. The van der Waals surface area contributed by atoms with Gasteiger partial charge < -0.3 is 18.9 Å². The maximum atomic E-state index is 12.9. The Morgan fingerprint density at radius 3 is 2.71 bits per heavy atom. The topological polar surface area (TPSA) is 56.6 Å². The summed E-state index contributed by atoms with van der Waals surface area (Å²) >= 11 is 0. The third-order valence-electron chi connectivity index (χ3n) is 5.30. The van der Waals surface area contributed by atoms with E-state index in [0.29, 0.717) is 24.5 Å². The van der Waals surface area contributed by atoms with Gasteiger partial charge in [0.05, 0.1) is 30.9 Å². The molecule has 2 heterocycles. The normalized spacial score (nSPS) is 16.8. The molecule has 0 aliphatic carbocycles. The lowest BCUT2D eigenvalue weighted by Gasteiger charge is -2.20. The van der Waals surface area contributed by atoms with E-state index in [0.717, 1.165) is 35.5 Å². The van der Waals surface area contributed by atoms with E-state index in [1.54, 1.807) is 19.1 Å². The number of anilines is 1. The van der Waals surface area contributed by atoms with Gasteiger partial charge in [-0.1, -0.05) is 19.1 Å². The summed E-state index contributed by atoms with van der Waals surface area (Å²) in [4.78, 5) is 19.6. The summed E-state index contributed by atoms with van der Waals surface area (Å²) in [5.41, 5.74) is 2.85. The van der Waals surface area contributed by atoms with Gasteiger partial charge in [-0.3, -0.25) is 4.79 Å². The molecule has 0 unspecified atom stereocenters. The highest BCUT2D eigenvalue weighted by atomic mass is 16.5. The number of hydrogen-bond acceptors (Lipinski definition) is 4. The minimum absolute atomic E-state index is 0.0438. The van der Waals surface area contributed by atoms with Crippen LogP contribution in [0.1, 0.15) is 31.5 Å². The number of aryl methyl sites for hydroxylation is 1. The number of fused-ring (bicyclic) bond motifs is 1. The zero-order valence-corrected chi connectivity index (χ0v) is 16.5. The van der Waals surface area contributed by atoms with Crippen molar-refractivity contribution < 1.29 is 14.3 Å². The van der Waals surface area contributed by atoms with Gasteiger partial charge in [-0.05, 0) is 30.7 Å². The molecule has 0 N–H and O–H groups in total. The highest BCUT2D eigenvalue weighted by molar-refractivity contribution is 5.98. The number of nitrogens with zero attached hydrogens (tertiary/aromatic N) is 3. The molecule has 1 fully saturated rings. The summed E-state index contributed by atoms with van der Waals surface area (Å²) in [5.74, 6) is 2.47. The van der Waals surface area contributed by atoms with Crippen molar-refractivity contribution in [2.75, 3.05) is 25.7 Å². The molecule has 1 saturated heterocycles. The van der Waals surface area contributed by atoms with E-state index in [9.17, 15) is 4.79 Å². The predicted octanol–water partition coefficient (Wildman–Crippen LogP) is 3.98. The Bertz CT molecular complexity index is 1010. The van der Waals surface area contributed by atoms with Gasteiger partial charge in [0, 0.05) is 31.5 Å². The molecule has 2 aromatic carbocycles. The second-order valence-electron chi connectivity index (χ2n) is 7.05. The van der Waals surface area contributed by atoms with Crippen LogP contribution in [0.4, 0.5) is 5.69 Å². The minimum Gasteiger partial charge on any atom is -0.497 e. The van der Waals surface area contributed by atoms with Crippen LogP contribution < -0.4 is 14.4 Å². The molecule has 6 heteroatoms. The predicted molar refractivity (Wildman–Crippen MR) is 109 cm³/mol. The maximum absolute atomic E-state index is 12.9. The molecule has 146 valence electrons. The van der Waals surface area contributed by atoms with Gasteiger partial charge in [0.1, 0.15) is 17.3 Å². The SMILES string of the molecule is CCCn1c([C@H]2CC(=O)N(c3cc(OC)ccc3OC)C2)nc2ccccc21. The summed E-state index contributed by atoms with van der Waals surface area (Å²) < 4.78 is 13.1. The molecule has 0 bridgehead atoms. The molecule has 1 amide bonds. The van der Waals surface area contributed by atoms with E-state index < -0.39 is 0 Å². The highest BCUT2D eigenvalue weighted by Crippen LogP contribution is 2.39. The van der Waals surface area contributed by atoms with Crippen LogP contribution in [-0.4, -0.2) is 36.2 Å². The maximum Gasteiger partial charge on any atom is 0.227 e. The summed E-state index contributed by atoms with van der Waals surface area (Å²) in [6.45, 7) is 3.63. The molecular formula is C22H25N3O3. The van der Waals surface area contributed by atoms with Crippen LogP contribution in [0.5, 0.6) is 11.5 Å². The average molecular weight is 379 g/mol. The fourth-order valence-corrected chi connectivity index (χ4v) is 3.99. The van der Waals surface area contributed by atoms with E-state index >= 15 is 0 Å². The van der Waals surface area contributed by atoms with E-state index in [1.165, 1.54) is 0 Å². The third kappa shape index (κ3) is 3.09. The Labute approximate surface area is 164 Å². The molecule has 6 nitrogen and oxygen atoms in total. The van der Waals surface area contributed by atoms with Crippen molar-refractivity contribution >= 4 is 22.6 Å². The smallest absolute Gasteiger partial charge is 0.227 e. The first-order chi connectivity index (χ1) is 13.7. The number of ether oxygens (including phenoxy) is 2. The Balaban J connectivity index is 1.71. The van der Waals surface area contributed by atoms with Crippen LogP contribution in [-0.2, 0) is 11.3 Å². The average Bonchev–Trinajstić information content (AvgIpc) is 3.28. The first-order valence-electron chi connectivity index (χ1n) is 9.63. The Morgan fingerprint density at radius 2 is 1.96 bits per heavy atom. The van der Waals surface area contributed by atoms with Gasteiger partial charge in [-0.15, -0.1) is 0 Å². The number of imidazole rings is 1. The largest absolute Gasteiger partial charge is 0.497 e. The molecule has 1 aromatic heterocycles. The minimum atomic E-state index is 0.0438. The van der Waals surface area contributed by atoms with Crippen molar-refractivity contribution in [1.82, 2.24) is 9.55 Å². The number of amides is 1. The van der Waals surface area contributed by atoms with Crippen LogP contribution in [0.3, 0.4) is 0 Å². The monoisotopic (exact) mass is 379 g/mol. The summed E-state index contributed by atoms with van der Waals surface area (Å²) in [7, 11) is 3.23. The van der Waals surface area contributed by atoms with E-state index in [1.807, 2.05) is 36.4 Å². The third-order valence-corrected chi connectivity index (χ3v) is 5.30. The van der Waals surface area contributed by atoms with Crippen molar-refractivity contribution in [3.8, 4) is 11.5 Å². The van der Waals surface area contributed by atoms with Gasteiger partial charge >= 0.3 is 0 Å². The zero-order chi connectivity index (χ0) is 19.7. The summed E-state index contributed by atoms with van der Waals surface area (Å²) in [6, 6.07) is 13.7. The standard InChI is InChI=1S/C22H25N3O3/c1-4-11-24-18-8-6-5-7-17(18)23-22(24)15-12-21(26)25(14-15)19-13-16(27-2)9-10-20(19)28-3/h5-10,13,15H,4,11-12,14H2,1-3H3/t15-/m0/s1. The molecule has 0 spiro atoms. The van der Waals surface area contributed by atoms with Crippen LogP contribution in [0.2, 0.25) is 0 Å². The second kappa shape index (κ2) is 7.54. The fraction of sp³-hybridized carbons (Fsp3) is 0.364. The first kappa shape index (κ1) is 18.3. The number of carbonyl (C=O) groups excluding carboxylic acids is 1. The lowest BCUT2D eigenvalue weighted by molar-refractivity contribution is -0.117. The Hall–Kier alpha value is -3.02. The van der Waals surface area contributed by atoms with Gasteiger partial charge in [-0.25, -0.2) is 4.98 Å². The lowest BCUT2D eigenvalue weighted by Crippen LogP contribution is -2.25. The number of benzene rings is 2. The molecule has 28 heavy (non-hydrogen) atoms. The van der Waals surface area contributed by atoms with Crippen molar-refractivity contribution in [1.29, 1.82) is 0 Å². The van der Waals surface area contributed by atoms with Gasteiger partial charge in [0.15, 0.2) is 0 Å². The molecule has 1 aliphatic heterocycles. The van der Waals surface area contributed by atoms with Gasteiger partial charge in [0.25, 0.3) is 0 Å². The summed E-state index contributed by atoms with van der Waals surface area (Å²) in [6.07, 6.45) is 1.45. The number of methoxy groups -OCH3 is 2. The number of para-hydroxylation sites is 2. The molecule has 1 atom stereocenters. The summed E-state index contributed by atoms with van der Waals surface area (Å²) in [5, 5.41) is 0. The Kier molecular flexibility index (Phi) is 4.94. The van der Waals surface area contributed by atoms with Crippen molar-refractivity contribution in [3.05, 3.63) is 48.3 Å². The van der Waals surface area contributed by atoms with Crippen LogP contribution in [0, 0.1) is 0 Å². The first-order valence-corrected chi connectivity index (χ1v) is 9.63. The number of hydrogen-bond donors (Lipinski definition) is 0. The van der Waals surface area contributed by atoms with E-state index in [2.05, 4.69) is 17.6 Å². The molecule has 4 rings (SSSR count). The van der Waals surface area contributed by atoms with Crippen molar-refractivity contribution in [2.45, 2.75) is 32.2 Å². The van der Waals surface area contributed by atoms with Crippen molar-refractivity contribution in [2.24, 2.45) is 0 Å². The van der Waals surface area contributed by atoms with Gasteiger partial charge in [-0.2, -0.15) is 0 Å². The number of aromatic nitrogens is 2. The van der Waals surface area contributed by atoms with Crippen LogP contribution >= 0.6 is 0 Å². The van der Waals surface area contributed by atoms with E-state index in [4.69, 9.17) is 14.5 Å². The van der Waals surface area contributed by atoms with E-state index in [-0.39, 0.29) is 11.8 Å². The second-order valence-corrected chi connectivity index (χ2v) is 7.05. The molecular weight excluding hydrogens is 354 g/mol. The van der Waals surface area contributed by atoms with Crippen molar-refractivity contribution in [3.63, 3.8) is 0 Å². The zero-order valence-electron chi connectivity index (χ0n) is 16.5. The van der Waals surface area contributed by atoms with Gasteiger partial charge in [0.2, 0.25) is 5.91 Å². The molecule has 1 aliphatic rings. The molecule has 3 aromatic rings. The fourth-order valence-electron chi connectivity index (χ4n) is 3.99. The molecule has 0 saturated carbocycles. The van der Waals surface area contributed by atoms with Crippen LogP contribution in [0.25, 0.3) is 11.0 Å². The Morgan fingerprint density at radius 1 is 1.14 bits per heavy atom.